The van der Waals surface area contributed by atoms with Crippen LogP contribution in [0.1, 0.15) is 6.92 Å². The molecule has 0 amide bonds. The highest BCUT2D eigenvalue weighted by atomic mass is 32.2. The maximum atomic E-state index is 11.1. The first-order valence-electron chi connectivity index (χ1n) is 8.07. The molecule has 0 aliphatic carbocycles. The zero-order valence-corrected chi connectivity index (χ0v) is 14.8. The lowest BCUT2D eigenvalue weighted by Gasteiger charge is -2.41. The smallest absolute Gasteiger partial charge is 0.104 e. The van der Waals surface area contributed by atoms with Crippen LogP contribution in [-0.2, 0) is 0 Å². The van der Waals surface area contributed by atoms with Crippen molar-refractivity contribution < 1.29 is 9.59 Å². The fourth-order valence-corrected chi connectivity index (χ4v) is 4.01. The lowest BCUT2D eigenvalue weighted by Crippen LogP contribution is -2.54. The van der Waals surface area contributed by atoms with Crippen molar-refractivity contribution in [1.82, 2.24) is 0 Å². The van der Waals surface area contributed by atoms with Gasteiger partial charge in [0.15, 0.2) is 0 Å². The van der Waals surface area contributed by atoms with Gasteiger partial charge in [-0.1, -0.05) is 42.6 Å². The highest BCUT2D eigenvalue weighted by Gasteiger charge is 2.29. The molecule has 0 saturated heterocycles. The van der Waals surface area contributed by atoms with Gasteiger partial charge in [0.25, 0.3) is 0 Å². The van der Waals surface area contributed by atoms with E-state index in [1.54, 1.807) is 0 Å². The van der Waals surface area contributed by atoms with Crippen LogP contribution in [0.2, 0.25) is 0 Å². The lowest BCUT2D eigenvalue weighted by molar-refractivity contribution is -0.916. The Morgan fingerprint density at radius 1 is 1.00 bits per heavy atom. The van der Waals surface area contributed by atoms with Gasteiger partial charge in [-0.25, -0.2) is 0 Å². The van der Waals surface area contributed by atoms with Crippen LogP contribution < -0.4 is 10.0 Å². The van der Waals surface area contributed by atoms with Gasteiger partial charge in [0.05, 0.1) is 38.6 Å². The second-order valence-electron chi connectivity index (χ2n) is 6.70. The van der Waals surface area contributed by atoms with E-state index in [2.05, 4.69) is 74.4 Å². The molecule has 2 aromatic rings. The Kier molecular flexibility index (Phi) is 4.67. The van der Waals surface area contributed by atoms with Gasteiger partial charge < -0.3 is 14.5 Å². The van der Waals surface area contributed by atoms with Crippen molar-refractivity contribution in [2.45, 2.75) is 22.8 Å². The molecule has 1 aliphatic rings. The highest BCUT2D eigenvalue weighted by molar-refractivity contribution is 7.99. The van der Waals surface area contributed by atoms with E-state index >= 15 is 0 Å². The summed E-state index contributed by atoms with van der Waals surface area (Å²) in [4.78, 5) is 5.01. The molecule has 23 heavy (non-hydrogen) atoms. The molecular weight excluding hydrogens is 304 g/mol. The van der Waals surface area contributed by atoms with Crippen LogP contribution in [0, 0.1) is 0 Å². The first-order valence-corrected chi connectivity index (χ1v) is 8.89. The van der Waals surface area contributed by atoms with Crippen molar-refractivity contribution in [1.29, 1.82) is 0 Å². The fourth-order valence-electron chi connectivity index (χ4n) is 2.92. The summed E-state index contributed by atoms with van der Waals surface area (Å²) in [5, 5.41) is 11.1. The number of rotatable bonds is 5. The van der Waals surface area contributed by atoms with Gasteiger partial charge in [0.2, 0.25) is 0 Å². The molecule has 0 saturated carbocycles. The lowest BCUT2D eigenvalue weighted by atomic mass is 10.1. The number of nitrogens with zero attached hydrogens (tertiary/aromatic N) is 2. The number of benzene rings is 2. The number of anilines is 2. The maximum absolute atomic E-state index is 11.1. The Hall–Kier alpha value is -1.49. The zero-order valence-electron chi connectivity index (χ0n) is 14.0. The SMILES string of the molecule is CC(CN1c2ccccc2Sc2ccccc21)[N+](C)(C)CC[O-]. The van der Waals surface area contributed by atoms with Crippen molar-refractivity contribution in [3.05, 3.63) is 48.5 Å². The predicted octanol–water partition coefficient (Wildman–Crippen LogP) is 3.11. The first-order chi connectivity index (χ1) is 11.0. The van der Waals surface area contributed by atoms with Gasteiger partial charge in [-0.05, 0) is 31.2 Å². The van der Waals surface area contributed by atoms with E-state index < -0.39 is 0 Å². The third kappa shape index (κ3) is 3.25. The van der Waals surface area contributed by atoms with E-state index in [-0.39, 0.29) is 6.61 Å². The number of fused-ring (bicyclic) bond motifs is 2. The number of quaternary nitrogens is 1. The van der Waals surface area contributed by atoms with Crippen molar-refractivity contribution in [3.63, 3.8) is 0 Å². The van der Waals surface area contributed by atoms with Gasteiger partial charge in [0, 0.05) is 9.79 Å². The molecule has 1 heterocycles. The molecule has 1 unspecified atom stereocenters. The van der Waals surface area contributed by atoms with Crippen LogP contribution in [0.5, 0.6) is 0 Å². The van der Waals surface area contributed by atoms with Gasteiger partial charge >= 0.3 is 0 Å². The molecule has 0 aromatic heterocycles. The normalized spacial score (nSPS) is 15.0. The Morgan fingerprint density at radius 2 is 1.52 bits per heavy atom. The van der Waals surface area contributed by atoms with E-state index in [9.17, 15) is 5.11 Å². The summed E-state index contributed by atoms with van der Waals surface area (Å²) >= 11 is 1.83. The average Bonchev–Trinajstić information content (AvgIpc) is 2.54. The van der Waals surface area contributed by atoms with Gasteiger partial charge in [-0.3, -0.25) is 0 Å². The molecule has 1 atom stereocenters. The number of hydrogen-bond acceptors (Lipinski definition) is 3. The Bertz CT molecular complexity index is 641. The van der Waals surface area contributed by atoms with Crippen LogP contribution in [0.25, 0.3) is 0 Å². The predicted molar refractivity (Wildman–Crippen MR) is 95.3 cm³/mol. The molecule has 0 N–H and O–H groups in total. The molecule has 0 bridgehead atoms. The number of hydrogen-bond donors (Lipinski definition) is 0. The summed E-state index contributed by atoms with van der Waals surface area (Å²) in [6.07, 6.45) is 0. The van der Waals surface area contributed by atoms with Gasteiger partial charge in [-0.2, -0.15) is 0 Å². The van der Waals surface area contributed by atoms with E-state index in [0.29, 0.717) is 12.6 Å². The van der Waals surface area contributed by atoms with Crippen LogP contribution in [0.15, 0.2) is 58.3 Å². The molecule has 0 spiro atoms. The molecule has 1 aliphatic heterocycles. The Labute approximate surface area is 143 Å². The maximum Gasteiger partial charge on any atom is 0.104 e. The topological polar surface area (TPSA) is 26.3 Å². The summed E-state index contributed by atoms with van der Waals surface area (Å²) in [6, 6.07) is 17.5. The monoisotopic (exact) mass is 328 g/mol. The molecule has 4 heteroatoms. The van der Waals surface area contributed by atoms with Crippen molar-refractivity contribution >= 4 is 23.1 Å². The summed E-state index contributed by atoms with van der Waals surface area (Å²) < 4.78 is 0.747. The largest absolute Gasteiger partial charge is 0.850 e. The quantitative estimate of drug-likeness (QED) is 0.789. The molecule has 3 rings (SSSR count). The summed E-state index contributed by atoms with van der Waals surface area (Å²) in [7, 11) is 4.30. The summed E-state index contributed by atoms with van der Waals surface area (Å²) in [5.41, 5.74) is 2.54. The second-order valence-corrected chi connectivity index (χ2v) is 7.79. The first kappa shape index (κ1) is 16.4. The van der Waals surface area contributed by atoms with Crippen molar-refractivity contribution in [3.8, 4) is 0 Å². The Balaban J connectivity index is 1.95. The van der Waals surface area contributed by atoms with E-state index in [4.69, 9.17) is 0 Å². The van der Waals surface area contributed by atoms with Crippen LogP contribution in [0.4, 0.5) is 11.4 Å². The van der Waals surface area contributed by atoms with E-state index in [0.717, 1.165) is 11.0 Å². The molecule has 122 valence electrons. The van der Waals surface area contributed by atoms with Crippen molar-refractivity contribution in [2.75, 3.05) is 38.7 Å². The number of likely N-dealkylation sites (N-methyl/N-ethyl adjacent to an activating group) is 1. The third-order valence-electron chi connectivity index (χ3n) is 4.84. The van der Waals surface area contributed by atoms with Crippen LogP contribution >= 0.6 is 11.8 Å². The minimum absolute atomic E-state index is 0.0274. The molecule has 2 aromatic carbocycles. The molecule has 0 fully saturated rings. The highest BCUT2D eigenvalue weighted by Crippen LogP contribution is 2.47. The standard InChI is InChI=1S/C19H24N2OS/c1-15(21(2,3)12-13-22)14-20-16-8-4-6-10-18(16)23-19-11-7-5-9-17(19)20/h4-11,15H,12-14H2,1-3H3. The van der Waals surface area contributed by atoms with Gasteiger partial charge in [-0.15, -0.1) is 0 Å². The van der Waals surface area contributed by atoms with Crippen LogP contribution in [0.3, 0.4) is 0 Å². The average molecular weight is 328 g/mol. The summed E-state index contributed by atoms with van der Waals surface area (Å²) in [6.45, 7) is 3.78. The zero-order chi connectivity index (χ0) is 16.4. The number of para-hydroxylation sites is 2. The fraction of sp³-hybridized carbons (Fsp3) is 0.368. The molecular formula is C19H24N2OS. The molecule has 3 nitrogen and oxygen atoms in total. The summed E-state index contributed by atoms with van der Waals surface area (Å²) in [5.74, 6) is 0. The minimum atomic E-state index is -0.0274. The second kappa shape index (κ2) is 6.56. The Morgan fingerprint density at radius 3 is 2.04 bits per heavy atom. The minimum Gasteiger partial charge on any atom is -0.850 e. The van der Waals surface area contributed by atoms with Crippen molar-refractivity contribution in [2.24, 2.45) is 0 Å². The van der Waals surface area contributed by atoms with E-state index in [1.165, 1.54) is 21.2 Å². The van der Waals surface area contributed by atoms with Gasteiger partial charge in [0.1, 0.15) is 6.04 Å². The van der Waals surface area contributed by atoms with Crippen LogP contribution in [-0.4, -0.2) is 44.3 Å². The molecule has 0 radical (unpaired) electrons. The third-order valence-corrected chi connectivity index (χ3v) is 5.97. The van der Waals surface area contributed by atoms with E-state index in [1.807, 2.05) is 11.8 Å².